The minimum absolute atomic E-state index is 0.0191. The smallest absolute Gasteiger partial charge is 0.252 e. The van der Waals surface area contributed by atoms with E-state index in [0.717, 1.165) is 0 Å². The molecule has 0 aliphatic rings. The summed E-state index contributed by atoms with van der Waals surface area (Å²) in [7, 11) is 0. The molecule has 2 rings (SSSR count). The van der Waals surface area contributed by atoms with E-state index in [-0.39, 0.29) is 5.56 Å². The van der Waals surface area contributed by atoms with Crippen molar-refractivity contribution in [3.05, 3.63) is 47.8 Å². The Morgan fingerprint density at radius 2 is 1.29 bits per heavy atom. The standard InChI is InChI=1S/C11H6F4N2/c12-8-7(5-1-3-6(16)4-2-5)9(13)11(15)17-10(8)14/h1-4H,16H2. The van der Waals surface area contributed by atoms with Crippen LogP contribution in [0.4, 0.5) is 23.2 Å². The maximum absolute atomic E-state index is 13.4. The Morgan fingerprint density at radius 1 is 0.824 bits per heavy atom. The van der Waals surface area contributed by atoms with Crippen LogP contribution in [-0.2, 0) is 0 Å². The van der Waals surface area contributed by atoms with Gasteiger partial charge >= 0.3 is 0 Å². The first-order chi connectivity index (χ1) is 8.00. The van der Waals surface area contributed by atoms with Gasteiger partial charge in [0.05, 0.1) is 5.56 Å². The second-order valence-corrected chi connectivity index (χ2v) is 3.32. The Bertz CT molecular complexity index is 540. The van der Waals surface area contributed by atoms with Crippen LogP contribution in [0.1, 0.15) is 0 Å². The number of nitrogen functional groups attached to an aromatic ring is 1. The fraction of sp³-hybridized carbons (Fsp3) is 0. The number of rotatable bonds is 1. The van der Waals surface area contributed by atoms with E-state index in [1.165, 1.54) is 24.3 Å². The van der Waals surface area contributed by atoms with E-state index in [2.05, 4.69) is 4.98 Å². The van der Waals surface area contributed by atoms with Crippen molar-refractivity contribution in [1.29, 1.82) is 0 Å². The van der Waals surface area contributed by atoms with E-state index in [1.54, 1.807) is 0 Å². The molecule has 0 spiro atoms. The van der Waals surface area contributed by atoms with Gasteiger partial charge in [-0.25, -0.2) is 8.78 Å². The molecule has 0 aliphatic heterocycles. The van der Waals surface area contributed by atoms with Gasteiger partial charge in [0.15, 0.2) is 11.6 Å². The Morgan fingerprint density at radius 3 is 1.76 bits per heavy atom. The zero-order chi connectivity index (χ0) is 12.6. The predicted octanol–water partition coefficient (Wildman–Crippen LogP) is 2.89. The molecule has 88 valence electrons. The van der Waals surface area contributed by atoms with Gasteiger partial charge in [-0.15, -0.1) is 0 Å². The molecule has 0 saturated heterocycles. The van der Waals surface area contributed by atoms with Crippen molar-refractivity contribution < 1.29 is 17.6 Å². The van der Waals surface area contributed by atoms with Gasteiger partial charge in [0, 0.05) is 5.69 Å². The molecule has 6 heteroatoms. The van der Waals surface area contributed by atoms with Crippen molar-refractivity contribution >= 4 is 5.69 Å². The summed E-state index contributed by atoms with van der Waals surface area (Å²) in [5.41, 5.74) is 4.94. The predicted molar refractivity (Wildman–Crippen MR) is 53.9 cm³/mol. The lowest BCUT2D eigenvalue weighted by atomic mass is 10.1. The molecule has 0 bridgehead atoms. The van der Waals surface area contributed by atoms with Gasteiger partial charge in [0.25, 0.3) is 11.9 Å². The first-order valence-electron chi connectivity index (χ1n) is 4.56. The third-order valence-corrected chi connectivity index (χ3v) is 2.20. The minimum atomic E-state index is -1.68. The second-order valence-electron chi connectivity index (χ2n) is 3.32. The molecular formula is C11H6F4N2. The van der Waals surface area contributed by atoms with Crippen LogP contribution >= 0.6 is 0 Å². The van der Waals surface area contributed by atoms with E-state index in [1.807, 2.05) is 0 Å². The molecule has 1 aromatic heterocycles. The van der Waals surface area contributed by atoms with E-state index >= 15 is 0 Å². The minimum Gasteiger partial charge on any atom is -0.399 e. The van der Waals surface area contributed by atoms with Crippen LogP contribution < -0.4 is 5.73 Å². The van der Waals surface area contributed by atoms with Crippen LogP contribution in [0.5, 0.6) is 0 Å². The van der Waals surface area contributed by atoms with E-state index in [9.17, 15) is 17.6 Å². The van der Waals surface area contributed by atoms with E-state index in [4.69, 9.17) is 5.73 Å². The number of pyridine rings is 1. The number of hydrogen-bond acceptors (Lipinski definition) is 2. The largest absolute Gasteiger partial charge is 0.399 e. The number of nitrogens with zero attached hydrogens (tertiary/aromatic N) is 1. The summed E-state index contributed by atoms with van der Waals surface area (Å²) in [5.74, 6) is -6.44. The van der Waals surface area contributed by atoms with Gasteiger partial charge in [-0.2, -0.15) is 13.8 Å². The number of halogens is 4. The Kier molecular flexibility index (Phi) is 2.71. The highest BCUT2D eigenvalue weighted by Gasteiger charge is 2.21. The molecule has 0 atom stereocenters. The zero-order valence-electron chi connectivity index (χ0n) is 8.35. The lowest BCUT2D eigenvalue weighted by Gasteiger charge is -2.06. The molecule has 2 nitrogen and oxygen atoms in total. The normalized spacial score (nSPS) is 10.6. The Balaban J connectivity index is 2.70. The van der Waals surface area contributed by atoms with Gasteiger partial charge in [-0.05, 0) is 17.7 Å². The van der Waals surface area contributed by atoms with Crippen LogP contribution in [0.25, 0.3) is 11.1 Å². The molecule has 0 amide bonds. The third-order valence-electron chi connectivity index (χ3n) is 2.20. The third kappa shape index (κ3) is 1.93. The average molecular weight is 242 g/mol. The van der Waals surface area contributed by atoms with Crippen LogP contribution in [-0.4, -0.2) is 4.98 Å². The monoisotopic (exact) mass is 242 g/mol. The van der Waals surface area contributed by atoms with Crippen LogP contribution in [0, 0.1) is 23.5 Å². The maximum Gasteiger partial charge on any atom is 0.252 e. The summed E-state index contributed by atoms with van der Waals surface area (Å²) in [6, 6.07) is 5.25. The summed E-state index contributed by atoms with van der Waals surface area (Å²) in [6.07, 6.45) is 0. The highest BCUT2D eigenvalue weighted by Crippen LogP contribution is 2.28. The van der Waals surface area contributed by atoms with Crippen molar-refractivity contribution in [1.82, 2.24) is 4.98 Å². The molecule has 2 aromatic rings. The highest BCUT2D eigenvalue weighted by molar-refractivity contribution is 5.66. The molecule has 0 fully saturated rings. The quantitative estimate of drug-likeness (QED) is 0.474. The molecular weight excluding hydrogens is 236 g/mol. The molecule has 0 saturated carbocycles. The van der Waals surface area contributed by atoms with Crippen LogP contribution in [0.2, 0.25) is 0 Å². The molecule has 0 radical (unpaired) electrons. The van der Waals surface area contributed by atoms with Crippen LogP contribution in [0.15, 0.2) is 24.3 Å². The Hall–Kier alpha value is -2.11. The van der Waals surface area contributed by atoms with Crippen molar-refractivity contribution in [3.63, 3.8) is 0 Å². The second kappa shape index (κ2) is 4.04. The lowest BCUT2D eigenvalue weighted by Crippen LogP contribution is -2.02. The van der Waals surface area contributed by atoms with E-state index in [0.29, 0.717) is 5.69 Å². The first-order valence-corrected chi connectivity index (χ1v) is 4.56. The molecule has 0 aliphatic carbocycles. The molecule has 17 heavy (non-hydrogen) atoms. The zero-order valence-corrected chi connectivity index (χ0v) is 8.35. The lowest BCUT2D eigenvalue weighted by molar-refractivity contribution is 0.410. The van der Waals surface area contributed by atoms with Crippen molar-refractivity contribution in [2.75, 3.05) is 5.73 Å². The summed E-state index contributed by atoms with van der Waals surface area (Å²) < 4.78 is 52.4. The fourth-order valence-corrected chi connectivity index (χ4v) is 1.39. The van der Waals surface area contributed by atoms with E-state index < -0.39 is 29.1 Å². The Labute approximate surface area is 93.7 Å². The molecule has 2 N–H and O–H groups in total. The van der Waals surface area contributed by atoms with Gasteiger partial charge in [-0.3, -0.25) is 0 Å². The number of nitrogens with two attached hydrogens (primary N) is 1. The first kappa shape index (κ1) is 11.4. The average Bonchev–Trinajstić information content (AvgIpc) is 2.29. The van der Waals surface area contributed by atoms with Gasteiger partial charge in [0.1, 0.15) is 0 Å². The molecule has 1 aromatic carbocycles. The number of benzene rings is 1. The van der Waals surface area contributed by atoms with Crippen molar-refractivity contribution in [2.45, 2.75) is 0 Å². The highest BCUT2D eigenvalue weighted by atomic mass is 19.2. The van der Waals surface area contributed by atoms with Crippen molar-refractivity contribution in [2.24, 2.45) is 0 Å². The number of anilines is 1. The molecule has 0 unspecified atom stereocenters. The van der Waals surface area contributed by atoms with Gasteiger partial charge in [0.2, 0.25) is 0 Å². The SMILES string of the molecule is Nc1ccc(-c2c(F)c(F)nc(F)c2F)cc1. The summed E-state index contributed by atoms with van der Waals surface area (Å²) >= 11 is 0. The fourth-order valence-electron chi connectivity index (χ4n) is 1.39. The number of hydrogen-bond donors (Lipinski definition) is 1. The summed E-state index contributed by atoms with van der Waals surface area (Å²) in [4.78, 5) is 2.47. The summed E-state index contributed by atoms with van der Waals surface area (Å²) in [6.45, 7) is 0. The summed E-state index contributed by atoms with van der Waals surface area (Å²) in [5, 5.41) is 0. The topological polar surface area (TPSA) is 38.9 Å². The van der Waals surface area contributed by atoms with Gasteiger partial charge < -0.3 is 5.73 Å². The molecule has 1 heterocycles. The van der Waals surface area contributed by atoms with Crippen LogP contribution in [0.3, 0.4) is 0 Å². The number of aromatic nitrogens is 1. The van der Waals surface area contributed by atoms with Gasteiger partial charge in [-0.1, -0.05) is 12.1 Å². The maximum atomic E-state index is 13.4. The van der Waals surface area contributed by atoms with Crippen molar-refractivity contribution in [3.8, 4) is 11.1 Å².